The molecular weight excluding hydrogens is 322 g/mol. The Morgan fingerprint density at radius 1 is 1.00 bits per heavy atom. The number of benzene rings is 2. The summed E-state index contributed by atoms with van der Waals surface area (Å²) >= 11 is 0. The molecule has 0 saturated carbocycles. The topological polar surface area (TPSA) is 96.2 Å². The number of rotatable bonds is 5. The smallest absolute Gasteiger partial charge is 0.323 e. The second-order valence-electron chi connectivity index (χ2n) is 5.65. The number of amides is 1. The number of ether oxygens (including phenoxy) is 2. The van der Waals surface area contributed by atoms with Gasteiger partial charge in [-0.25, -0.2) is 4.79 Å². The number of hydrogen-bond donors (Lipinski definition) is 3. The molecule has 0 radical (unpaired) electrons. The third-order valence-corrected chi connectivity index (χ3v) is 4.03. The van der Waals surface area contributed by atoms with Crippen LogP contribution in [0.25, 0.3) is 11.0 Å². The highest BCUT2D eigenvalue weighted by Crippen LogP contribution is 2.30. The van der Waals surface area contributed by atoms with E-state index in [1.807, 2.05) is 19.1 Å². The average Bonchev–Trinajstić information content (AvgIpc) is 2.99. The van der Waals surface area contributed by atoms with Gasteiger partial charge >= 0.3 is 5.69 Å². The van der Waals surface area contributed by atoms with Gasteiger partial charge in [0.05, 0.1) is 31.3 Å². The maximum Gasteiger partial charge on any atom is 0.323 e. The molecule has 0 aliphatic heterocycles. The molecule has 0 bridgehead atoms. The molecule has 7 nitrogen and oxygen atoms in total. The number of carbonyl (C=O) groups is 1. The van der Waals surface area contributed by atoms with Crippen LogP contribution in [0.2, 0.25) is 0 Å². The fraction of sp³-hybridized carbons (Fsp3) is 0.222. The minimum absolute atomic E-state index is 0.228. The van der Waals surface area contributed by atoms with E-state index >= 15 is 0 Å². The van der Waals surface area contributed by atoms with Crippen LogP contribution in [-0.2, 0) is 0 Å². The molecule has 1 heterocycles. The standard InChI is InChI=1S/C18H19N3O4/c1-10(11-5-7-15(24-2)16(9-11)25-3)19-17(22)12-4-6-13-14(8-12)21-18(23)20-13/h4-10H,1-3H3,(H,19,22)(H2,20,21,23)/t10-/m0/s1. The zero-order valence-corrected chi connectivity index (χ0v) is 14.2. The molecule has 3 rings (SSSR count). The van der Waals surface area contributed by atoms with Crippen LogP contribution in [0.4, 0.5) is 0 Å². The maximum absolute atomic E-state index is 12.5. The Hall–Kier alpha value is -3.22. The number of hydrogen-bond acceptors (Lipinski definition) is 4. The monoisotopic (exact) mass is 341 g/mol. The number of nitrogens with one attached hydrogen (secondary N) is 3. The van der Waals surface area contributed by atoms with Crippen molar-refractivity contribution < 1.29 is 14.3 Å². The van der Waals surface area contributed by atoms with Crippen LogP contribution in [0.3, 0.4) is 0 Å². The van der Waals surface area contributed by atoms with Gasteiger partial charge in [-0.05, 0) is 42.8 Å². The van der Waals surface area contributed by atoms with Gasteiger partial charge in [0.25, 0.3) is 5.91 Å². The van der Waals surface area contributed by atoms with E-state index in [2.05, 4.69) is 15.3 Å². The number of imidazole rings is 1. The minimum atomic E-state index is -0.300. The van der Waals surface area contributed by atoms with Gasteiger partial charge in [-0.3, -0.25) is 4.79 Å². The van der Waals surface area contributed by atoms with E-state index in [1.54, 1.807) is 38.5 Å². The summed E-state index contributed by atoms with van der Waals surface area (Å²) in [6.45, 7) is 1.88. The maximum atomic E-state index is 12.5. The zero-order chi connectivity index (χ0) is 18.0. The molecule has 1 atom stereocenters. The van der Waals surface area contributed by atoms with E-state index in [0.717, 1.165) is 5.56 Å². The molecule has 0 aliphatic rings. The molecule has 2 aromatic carbocycles. The fourth-order valence-electron chi connectivity index (χ4n) is 2.66. The number of aromatic nitrogens is 2. The van der Waals surface area contributed by atoms with Crippen molar-refractivity contribution in [1.82, 2.24) is 15.3 Å². The van der Waals surface area contributed by atoms with Crippen LogP contribution in [0.15, 0.2) is 41.2 Å². The van der Waals surface area contributed by atoms with Crippen molar-refractivity contribution in [1.29, 1.82) is 0 Å². The summed E-state index contributed by atoms with van der Waals surface area (Å²) in [4.78, 5) is 29.1. The van der Waals surface area contributed by atoms with Gasteiger partial charge in [0.15, 0.2) is 11.5 Å². The van der Waals surface area contributed by atoms with Crippen molar-refractivity contribution in [3.05, 3.63) is 58.0 Å². The Morgan fingerprint density at radius 2 is 1.72 bits per heavy atom. The highest BCUT2D eigenvalue weighted by molar-refractivity contribution is 5.97. The minimum Gasteiger partial charge on any atom is -0.493 e. The number of methoxy groups -OCH3 is 2. The Balaban J connectivity index is 1.80. The Labute approximate surface area is 144 Å². The normalized spacial score (nSPS) is 12.0. The molecule has 0 aliphatic carbocycles. The van der Waals surface area contributed by atoms with Crippen LogP contribution in [0, 0.1) is 0 Å². The number of H-pyrrole nitrogens is 2. The predicted molar refractivity (Wildman–Crippen MR) is 94.3 cm³/mol. The summed E-state index contributed by atoms with van der Waals surface area (Å²) in [5.74, 6) is 1.00. The van der Waals surface area contributed by atoms with Gasteiger partial charge in [-0.2, -0.15) is 0 Å². The first-order chi connectivity index (χ1) is 12.0. The number of aromatic amines is 2. The lowest BCUT2D eigenvalue weighted by Crippen LogP contribution is -2.26. The highest BCUT2D eigenvalue weighted by atomic mass is 16.5. The van der Waals surface area contributed by atoms with Crippen LogP contribution < -0.4 is 20.5 Å². The van der Waals surface area contributed by atoms with Crippen molar-refractivity contribution in [3.8, 4) is 11.5 Å². The summed E-state index contributed by atoms with van der Waals surface area (Å²) in [6, 6.07) is 10.3. The van der Waals surface area contributed by atoms with Crippen molar-refractivity contribution in [3.63, 3.8) is 0 Å². The van der Waals surface area contributed by atoms with Crippen LogP contribution in [-0.4, -0.2) is 30.1 Å². The first-order valence-electron chi connectivity index (χ1n) is 7.76. The number of fused-ring (bicyclic) bond motifs is 1. The second-order valence-corrected chi connectivity index (χ2v) is 5.65. The van der Waals surface area contributed by atoms with E-state index in [-0.39, 0.29) is 17.6 Å². The zero-order valence-electron chi connectivity index (χ0n) is 14.2. The molecule has 1 amide bonds. The molecule has 0 saturated heterocycles. The summed E-state index contributed by atoms with van der Waals surface area (Å²) in [5, 5.41) is 2.94. The van der Waals surface area contributed by atoms with Crippen LogP contribution in [0.1, 0.15) is 28.9 Å². The van der Waals surface area contributed by atoms with Crippen molar-refractivity contribution in [2.45, 2.75) is 13.0 Å². The van der Waals surface area contributed by atoms with E-state index in [9.17, 15) is 9.59 Å². The van der Waals surface area contributed by atoms with E-state index < -0.39 is 0 Å². The fourth-order valence-corrected chi connectivity index (χ4v) is 2.66. The van der Waals surface area contributed by atoms with Gasteiger partial charge in [-0.1, -0.05) is 6.07 Å². The summed E-state index contributed by atoms with van der Waals surface area (Å²) < 4.78 is 10.5. The first kappa shape index (κ1) is 16.6. The SMILES string of the molecule is COc1ccc([C@H](C)NC(=O)c2ccc3[nH]c(=O)[nH]c3c2)cc1OC. The van der Waals surface area contributed by atoms with Gasteiger partial charge in [0, 0.05) is 5.56 Å². The third kappa shape index (κ3) is 3.35. The molecule has 0 spiro atoms. The van der Waals surface area contributed by atoms with Gasteiger partial charge < -0.3 is 24.8 Å². The Bertz CT molecular complexity index is 974. The summed E-state index contributed by atoms with van der Waals surface area (Å²) in [6.07, 6.45) is 0. The molecule has 3 N–H and O–H groups in total. The Kier molecular flexibility index (Phi) is 4.47. The van der Waals surface area contributed by atoms with E-state index in [0.29, 0.717) is 28.1 Å². The largest absolute Gasteiger partial charge is 0.493 e. The first-order valence-corrected chi connectivity index (χ1v) is 7.76. The molecular formula is C18H19N3O4. The van der Waals surface area contributed by atoms with Crippen LogP contribution >= 0.6 is 0 Å². The Morgan fingerprint density at radius 3 is 2.44 bits per heavy atom. The molecule has 1 aromatic heterocycles. The van der Waals surface area contributed by atoms with E-state index in [1.165, 1.54) is 0 Å². The van der Waals surface area contributed by atoms with Crippen molar-refractivity contribution in [2.24, 2.45) is 0 Å². The quantitative estimate of drug-likeness (QED) is 0.664. The molecule has 0 unspecified atom stereocenters. The molecule has 3 aromatic rings. The molecule has 7 heteroatoms. The highest BCUT2D eigenvalue weighted by Gasteiger charge is 2.14. The lowest BCUT2D eigenvalue weighted by atomic mass is 10.1. The van der Waals surface area contributed by atoms with Gasteiger partial charge in [0.1, 0.15) is 0 Å². The average molecular weight is 341 g/mol. The molecule has 0 fully saturated rings. The van der Waals surface area contributed by atoms with Crippen molar-refractivity contribution >= 4 is 16.9 Å². The number of carbonyl (C=O) groups excluding carboxylic acids is 1. The van der Waals surface area contributed by atoms with Gasteiger partial charge in [-0.15, -0.1) is 0 Å². The van der Waals surface area contributed by atoms with Gasteiger partial charge in [0.2, 0.25) is 0 Å². The third-order valence-electron chi connectivity index (χ3n) is 4.03. The van der Waals surface area contributed by atoms with Crippen LogP contribution in [0.5, 0.6) is 11.5 Å². The lowest BCUT2D eigenvalue weighted by molar-refractivity contribution is 0.0940. The molecule has 25 heavy (non-hydrogen) atoms. The molecule has 130 valence electrons. The predicted octanol–water partition coefficient (Wildman–Crippen LogP) is 2.36. The van der Waals surface area contributed by atoms with E-state index in [4.69, 9.17) is 9.47 Å². The summed E-state index contributed by atoms with van der Waals surface area (Å²) in [7, 11) is 3.14. The van der Waals surface area contributed by atoms with Crippen molar-refractivity contribution in [2.75, 3.05) is 14.2 Å². The summed E-state index contributed by atoms with van der Waals surface area (Å²) in [5.41, 5.74) is 2.31. The lowest BCUT2D eigenvalue weighted by Gasteiger charge is -2.16. The second kappa shape index (κ2) is 6.72.